The molecule has 4 aromatic carbocycles. The highest BCUT2D eigenvalue weighted by molar-refractivity contribution is 5.97. The Hall–Kier alpha value is -3.78. The number of aliphatic imine (C=N–C) groups is 2. The largest absolute Gasteiger partial charge is 0.256 e. The van der Waals surface area contributed by atoms with Crippen LogP contribution in [-0.2, 0) is 0 Å². The number of rotatable bonds is 5. The summed E-state index contributed by atoms with van der Waals surface area (Å²) in [7, 11) is 0. The first kappa shape index (κ1) is 17.6. The Bertz CT molecular complexity index is 1010. The molecule has 0 fully saturated rings. The van der Waals surface area contributed by atoms with Crippen molar-refractivity contribution >= 4 is 23.8 Å². The summed E-state index contributed by atoms with van der Waals surface area (Å²) in [6.07, 6.45) is 3.85. The molecule has 0 saturated heterocycles. The van der Waals surface area contributed by atoms with Crippen LogP contribution in [0.4, 0.5) is 11.4 Å². The molecule has 2 heteroatoms. The molecule has 0 radical (unpaired) electrons. The van der Waals surface area contributed by atoms with E-state index in [1.54, 1.807) is 0 Å². The van der Waals surface area contributed by atoms with E-state index in [2.05, 4.69) is 46.4 Å². The Balaban J connectivity index is 1.71. The molecule has 2 nitrogen and oxygen atoms in total. The molecule has 0 unspecified atom stereocenters. The van der Waals surface area contributed by atoms with Crippen LogP contribution in [0, 0.1) is 0 Å². The standard InChI is InChI=1S/C26H20N2/c1-3-13-23(14-4-1)27-19-21-11-7-9-17-25(21)26-18-10-8-12-22(26)20-28-24-15-5-2-6-16-24/h1-20H. The number of hydrogen-bond donors (Lipinski definition) is 0. The summed E-state index contributed by atoms with van der Waals surface area (Å²) in [5.41, 5.74) is 6.31. The van der Waals surface area contributed by atoms with E-state index in [4.69, 9.17) is 0 Å². The van der Waals surface area contributed by atoms with Crippen LogP contribution in [0.15, 0.2) is 119 Å². The maximum Gasteiger partial charge on any atom is 0.0629 e. The first-order valence-electron chi connectivity index (χ1n) is 9.27. The van der Waals surface area contributed by atoms with Gasteiger partial charge in [0, 0.05) is 23.6 Å². The summed E-state index contributed by atoms with van der Waals surface area (Å²) in [6.45, 7) is 0. The number of hydrogen-bond acceptors (Lipinski definition) is 2. The number of benzene rings is 4. The maximum absolute atomic E-state index is 4.63. The van der Waals surface area contributed by atoms with Crippen molar-refractivity contribution in [2.24, 2.45) is 9.98 Å². The quantitative estimate of drug-likeness (QED) is 0.348. The second kappa shape index (κ2) is 8.74. The molecule has 0 aliphatic rings. The van der Waals surface area contributed by atoms with Gasteiger partial charge in [-0.1, -0.05) is 84.9 Å². The van der Waals surface area contributed by atoms with Crippen molar-refractivity contribution in [1.29, 1.82) is 0 Å². The minimum Gasteiger partial charge on any atom is -0.256 e. The predicted molar refractivity (Wildman–Crippen MR) is 119 cm³/mol. The molecule has 0 aliphatic carbocycles. The van der Waals surface area contributed by atoms with Gasteiger partial charge < -0.3 is 0 Å². The zero-order valence-electron chi connectivity index (χ0n) is 15.4. The lowest BCUT2D eigenvalue weighted by atomic mass is 9.96. The Morgan fingerprint density at radius 1 is 0.393 bits per heavy atom. The van der Waals surface area contributed by atoms with Crippen LogP contribution in [0.25, 0.3) is 11.1 Å². The lowest BCUT2D eigenvalue weighted by Gasteiger charge is -2.09. The lowest BCUT2D eigenvalue weighted by molar-refractivity contribution is 1.51. The molecule has 0 N–H and O–H groups in total. The highest BCUT2D eigenvalue weighted by Gasteiger charge is 2.07. The first-order valence-corrected chi connectivity index (χ1v) is 9.27. The van der Waals surface area contributed by atoms with Gasteiger partial charge in [0.1, 0.15) is 0 Å². The highest BCUT2D eigenvalue weighted by atomic mass is 14.7. The van der Waals surface area contributed by atoms with Gasteiger partial charge in [-0.3, -0.25) is 9.98 Å². The third kappa shape index (κ3) is 4.30. The van der Waals surface area contributed by atoms with Crippen molar-refractivity contribution in [2.45, 2.75) is 0 Å². The first-order chi connectivity index (χ1) is 13.9. The van der Waals surface area contributed by atoms with Gasteiger partial charge in [0.25, 0.3) is 0 Å². The van der Waals surface area contributed by atoms with E-state index in [0.29, 0.717) is 0 Å². The second-order valence-corrected chi connectivity index (χ2v) is 6.36. The number of para-hydroxylation sites is 2. The van der Waals surface area contributed by atoms with E-state index < -0.39 is 0 Å². The van der Waals surface area contributed by atoms with Crippen molar-refractivity contribution < 1.29 is 0 Å². The highest BCUT2D eigenvalue weighted by Crippen LogP contribution is 2.26. The molecule has 0 aliphatic heterocycles. The van der Waals surface area contributed by atoms with Crippen molar-refractivity contribution in [3.63, 3.8) is 0 Å². The van der Waals surface area contributed by atoms with E-state index in [1.165, 1.54) is 0 Å². The molecule has 0 saturated carbocycles. The second-order valence-electron chi connectivity index (χ2n) is 6.36. The van der Waals surface area contributed by atoms with Crippen LogP contribution in [0.1, 0.15) is 11.1 Å². The smallest absolute Gasteiger partial charge is 0.0629 e. The average molecular weight is 360 g/mol. The van der Waals surface area contributed by atoms with Crippen molar-refractivity contribution in [2.75, 3.05) is 0 Å². The summed E-state index contributed by atoms with van der Waals surface area (Å²) in [6, 6.07) is 36.6. The Kier molecular flexibility index (Phi) is 5.50. The topological polar surface area (TPSA) is 24.7 Å². The van der Waals surface area contributed by atoms with Crippen LogP contribution in [0.2, 0.25) is 0 Å². The molecule has 0 aromatic heterocycles. The monoisotopic (exact) mass is 360 g/mol. The summed E-state index contributed by atoms with van der Waals surface area (Å²) in [5, 5.41) is 0. The zero-order valence-corrected chi connectivity index (χ0v) is 15.4. The van der Waals surface area contributed by atoms with Crippen LogP contribution < -0.4 is 0 Å². The summed E-state index contributed by atoms with van der Waals surface area (Å²) < 4.78 is 0. The fourth-order valence-electron chi connectivity index (χ4n) is 3.03. The molecule has 4 rings (SSSR count). The molecule has 28 heavy (non-hydrogen) atoms. The summed E-state index contributed by atoms with van der Waals surface area (Å²) in [4.78, 5) is 9.25. The van der Waals surface area contributed by atoms with Gasteiger partial charge in [-0.15, -0.1) is 0 Å². The fourth-order valence-corrected chi connectivity index (χ4v) is 3.03. The van der Waals surface area contributed by atoms with Gasteiger partial charge in [-0.2, -0.15) is 0 Å². The molecule has 0 atom stereocenters. The minimum atomic E-state index is 0.941. The van der Waals surface area contributed by atoms with Gasteiger partial charge in [-0.25, -0.2) is 0 Å². The van der Waals surface area contributed by atoms with Gasteiger partial charge in [-0.05, 0) is 35.4 Å². The van der Waals surface area contributed by atoms with E-state index >= 15 is 0 Å². The fraction of sp³-hybridized carbons (Fsp3) is 0. The van der Waals surface area contributed by atoms with Gasteiger partial charge in [0.05, 0.1) is 11.4 Å². The van der Waals surface area contributed by atoms with Crippen LogP contribution in [-0.4, -0.2) is 12.4 Å². The summed E-state index contributed by atoms with van der Waals surface area (Å²) >= 11 is 0. The van der Waals surface area contributed by atoms with Crippen molar-refractivity contribution in [1.82, 2.24) is 0 Å². The summed E-state index contributed by atoms with van der Waals surface area (Å²) in [5.74, 6) is 0. The normalized spacial score (nSPS) is 11.3. The maximum atomic E-state index is 4.63. The zero-order chi connectivity index (χ0) is 19.0. The van der Waals surface area contributed by atoms with E-state index in [0.717, 1.165) is 33.6 Å². The van der Waals surface area contributed by atoms with Gasteiger partial charge >= 0.3 is 0 Å². The Morgan fingerprint density at radius 3 is 1.18 bits per heavy atom. The van der Waals surface area contributed by atoms with Crippen LogP contribution in [0.3, 0.4) is 0 Å². The van der Waals surface area contributed by atoms with Crippen LogP contribution >= 0.6 is 0 Å². The Labute approximate surface area is 165 Å². The lowest BCUT2D eigenvalue weighted by Crippen LogP contribution is -1.92. The molecule has 4 aromatic rings. The van der Waals surface area contributed by atoms with E-state index in [1.807, 2.05) is 85.2 Å². The van der Waals surface area contributed by atoms with Crippen molar-refractivity contribution in [3.8, 4) is 11.1 Å². The molecule has 134 valence electrons. The third-order valence-corrected chi connectivity index (χ3v) is 4.43. The number of nitrogens with zero attached hydrogens (tertiary/aromatic N) is 2. The minimum absolute atomic E-state index is 0.941. The Morgan fingerprint density at radius 2 is 0.750 bits per heavy atom. The van der Waals surface area contributed by atoms with E-state index in [9.17, 15) is 0 Å². The predicted octanol–water partition coefficient (Wildman–Crippen LogP) is 6.85. The molecular weight excluding hydrogens is 340 g/mol. The SMILES string of the molecule is C(=Nc1ccccc1)c1ccccc1-c1ccccc1C=Nc1ccccc1. The molecule has 0 bridgehead atoms. The van der Waals surface area contributed by atoms with E-state index in [-0.39, 0.29) is 0 Å². The van der Waals surface area contributed by atoms with Crippen molar-refractivity contribution in [3.05, 3.63) is 120 Å². The van der Waals surface area contributed by atoms with Gasteiger partial charge in [0.2, 0.25) is 0 Å². The van der Waals surface area contributed by atoms with Gasteiger partial charge in [0.15, 0.2) is 0 Å². The van der Waals surface area contributed by atoms with Crippen LogP contribution in [0.5, 0.6) is 0 Å². The molecule has 0 spiro atoms. The molecular formula is C26H20N2. The molecule has 0 heterocycles. The average Bonchev–Trinajstić information content (AvgIpc) is 2.78. The third-order valence-electron chi connectivity index (χ3n) is 4.43. The molecule has 0 amide bonds.